The minimum absolute atomic E-state index is 0.0438. The van der Waals surface area contributed by atoms with Crippen LogP contribution in [-0.2, 0) is 11.2 Å². The van der Waals surface area contributed by atoms with E-state index in [1.807, 2.05) is 13.1 Å². The molecule has 0 aliphatic carbocycles. The van der Waals surface area contributed by atoms with Crippen LogP contribution < -0.4 is 10.6 Å². The zero-order valence-electron chi connectivity index (χ0n) is 13.5. The molecule has 4 heteroatoms. The first-order valence-corrected chi connectivity index (χ1v) is 7.89. The molecular weight excluding hydrogens is 284 g/mol. The zero-order valence-corrected chi connectivity index (χ0v) is 14.3. The normalized spacial score (nSPS) is 17.3. The second kappa shape index (κ2) is 5.98. The minimum Gasteiger partial charge on any atom is -0.325 e. The molecule has 0 radical (unpaired) electrons. The molecule has 2 rings (SSSR count). The summed E-state index contributed by atoms with van der Waals surface area (Å²) in [5, 5.41) is 6.94. The summed E-state index contributed by atoms with van der Waals surface area (Å²) in [6.45, 7) is 9.06. The second-order valence-corrected chi connectivity index (χ2v) is 7.51. The molecular formula is C17H25ClN2O. The van der Waals surface area contributed by atoms with Gasteiger partial charge in [-0.2, -0.15) is 0 Å². The third-order valence-corrected chi connectivity index (χ3v) is 4.97. The summed E-state index contributed by atoms with van der Waals surface area (Å²) in [4.78, 5) is 11.5. The molecule has 0 fully saturated rings. The Labute approximate surface area is 132 Å². The first-order valence-electron chi connectivity index (χ1n) is 7.51. The second-order valence-electron chi connectivity index (χ2n) is 7.10. The smallest absolute Gasteiger partial charge is 0.228 e. The number of rotatable bonds is 4. The van der Waals surface area contributed by atoms with Crippen molar-refractivity contribution in [3.63, 3.8) is 0 Å². The number of nitrogens with one attached hydrogen (secondary N) is 2. The van der Waals surface area contributed by atoms with Crippen molar-refractivity contribution in [1.29, 1.82) is 0 Å². The van der Waals surface area contributed by atoms with Crippen LogP contribution in [0.2, 0.25) is 5.02 Å². The van der Waals surface area contributed by atoms with Gasteiger partial charge in [0.1, 0.15) is 0 Å². The molecule has 116 valence electrons. The van der Waals surface area contributed by atoms with Crippen LogP contribution in [0.4, 0.5) is 5.69 Å². The highest BCUT2D eigenvalue weighted by atomic mass is 35.5. The lowest BCUT2D eigenvalue weighted by molar-refractivity contribution is -0.115. The van der Waals surface area contributed by atoms with E-state index in [0.717, 1.165) is 28.3 Å². The largest absolute Gasteiger partial charge is 0.325 e. The Balaban J connectivity index is 2.27. The molecule has 0 saturated heterocycles. The Morgan fingerprint density at radius 3 is 2.62 bits per heavy atom. The van der Waals surface area contributed by atoms with E-state index < -0.39 is 0 Å². The number of anilines is 1. The van der Waals surface area contributed by atoms with E-state index in [9.17, 15) is 4.79 Å². The van der Waals surface area contributed by atoms with Crippen LogP contribution >= 0.6 is 11.6 Å². The summed E-state index contributed by atoms with van der Waals surface area (Å²) in [5.41, 5.74) is 3.25. The summed E-state index contributed by atoms with van der Waals surface area (Å²) >= 11 is 6.44. The van der Waals surface area contributed by atoms with Crippen molar-refractivity contribution in [2.75, 3.05) is 12.4 Å². The topological polar surface area (TPSA) is 41.1 Å². The van der Waals surface area contributed by atoms with Crippen LogP contribution in [-0.4, -0.2) is 13.0 Å². The highest BCUT2D eigenvalue weighted by Gasteiger charge is 2.27. The molecule has 0 aromatic heterocycles. The van der Waals surface area contributed by atoms with Crippen molar-refractivity contribution in [2.45, 2.75) is 46.6 Å². The number of hydrogen-bond donors (Lipinski definition) is 2. The van der Waals surface area contributed by atoms with Gasteiger partial charge in [0, 0.05) is 16.8 Å². The maximum Gasteiger partial charge on any atom is 0.228 e. The predicted molar refractivity (Wildman–Crippen MR) is 88.8 cm³/mol. The van der Waals surface area contributed by atoms with Crippen molar-refractivity contribution >= 4 is 23.2 Å². The number of fused-ring (bicyclic) bond motifs is 1. The van der Waals surface area contributed by atoms with Gasteiger partial charge in [-0.15, -0.1) is 0 Å². The summed E-state index contributed by atoms with van der Waals surface area (Å²) in [5.74, 6) is 0.598. The number of halogens is 1. The third-order valence-electron chi connectivity index (χ3n) is 4.64. The van der Waals surface area contributed by atoms with E-state index in [1.165, 1.54) is 0 Å². The molecule has 0 saturated carbocycles. The monoisotopic (exact) mass is 308 g/mol. The van der Waals surface area contributed by atoms with Crippen LogP contribution in [0.1, 0.15) is 51.3 Å². The van der Waals surface area contributed by atoms with Crippen molar-refractivity contribution in [2.24, 2.45) is 11.3 Å². The van der Waals surface area contributed by atoms with E-state index in [-0.39, 0.29) is 17.4 Å². The van der Waals surface area contributed by atoms with Gasteiger partial charge < -0.3 is 10.6 Å². The summed E-state index contributed by atoms with van der Waals surface area (Å²) < 4.78 is 0. The van der Waals surface area contributed by atoms with E-state index >= 15 is 0 Å². The maximum absolute atomic E-state index is 11.5. The van der Waals surface area contributed by atoms with Crippen LogP contribution in [0.3, 0.4) is 0 Å². The molecule has 1 heterocycles. The molecule has 1 aliphatic heterocycles. The molecule has 1 aromatic carbocycles. The number of carbonyl (C=O) groups excluding carboxylic acids is 1. The van der Waals surface area contributed by atoms with Crippen LogP contribution in [0.25, 0.3) is 0 Å². The SMILES string of the molecule is CNC(CC(C)C(C)(C)C)c1cc2c(cc1Cl)NC(=O)C2. The van der Waals surface area contributed by atoms with Gasteiger partial charge >= 0.3 is 0 Å². The van der Waals surface area contributed by atoms with Crippen molar-refractivity contribution in [1.82, 2.24) is 5.32 Å². The fraction of sp³-hybridized carbons (Fsp3) is 0.588. The Morgan fingerprint density at radius 2 is 2.05 bits per heavy atom. The van der Waals surface area contributed by atoms with Gasteiger partial charge in [0.25, 0.3) is 0 Å². The fourth-order valence-electron chi connectivity index (χ4n) is 2.64. The van der Waals surface area contributed by atoms with Crippen LogP contribution in [0.15, 0.2) is 12.1 Å². The van der Waals surface area contributed by atoms with Crippen molar-refractivity contribution < 1.29 is 4.79 Å². The van der Waals surface area contributed by atoms with Gasteiger partial charge in [0.15, 0.2) is 0 Å². The van der Waals surface area contributed by atoms with E-state index in [1.54, 1.807) is 0 Å². The van der Waals surface area contributed by atoms with Crippen LogP contribution in [0.5, 0.6) is 0 Å². The van der Waals surface area contributed by atoms with E-state index in [2.05, 4.69) is 44.4 Å². The van der Waals surface area contributed by atoms with Crippen LogP contribution in [0, 0.1) is 11.3 Å². The molecule has 21 heavy (non-hydrogen) atoms. The Morgan fingerprint density at radius 1 is 1.38 bits per heavy atom. The first kappa shape index (κ1) is 16.3. The molecule has 1 aliphatic rings. The summed E-state index contributed by atoms with van der Waals surface area (Å²) in [6.07, 6.45) is 1.46. The Bertz CT molecular complexity index is 548. The minimum atomic E-state index is 0.0438. The summed E-state index contributed by atoms with van der Waals surface area (Å²) in [7, 11) is 1.97. The highest BCUT2D eigenvalue weighted by Crippen LogP contribution is 2.38. The average molecular weight is 309 g/mol. The lowest BCUT2D eigenvalue weighted by Crippen LogP contribution is -2.25. The van der Waals surface area contributed by atoms with Gasteiger partial charge in [0.2, 0.25) is 5.91 Å². The van der Waals surface area contributed by atoms with Gasteiger partial charge in [0.05, 0.1) is 6.42 Å². The molecule has 3 nitrogen and oxygen atoms in total. The standard InChI is InChI=1S/C17H25ClN2O/c1-10(17(2,3)4)6-15(19-5)12-7-11-8-16(21)20-14(11)9-13(12)18/h7,9-10,15,19H,6,8H2,1-5H3,(H,20,21). The van der Waals surface area contributed by atoms with Gasteiger partial charge in [-0.05, 0) is 42.0 Å². The van der Waals surface area contributed by atoms with Gasteiger partial charge in [-0.3, -0.25) is 4.79 Å². The quantitative estimate of drug-likeness (QED) is 0.876. The van der Waals surface area contributed by atoms with Crippen molar-refractivity contribution in [3.05, 3.63) is 28.3 Å². The fourth-order valence-corrected chi connectivity index (χ4v) is 2.94. The van der Waals surface area contributed by atoms with E-state index in [4.69, 9.17) is 11.6 Å². The van der Waals surface area contributed by atoms with E-state index in [0.29, 0.717) is 12.3 Å². The summed E-state index contributed by atoms with van der Waals surface area (Å²) in [6, 6.07) is 4.16. The third kappa shape index (κ3) is 3.58. The Hall–Kier alpha value is -1.06. The maximum atomic E-state index is 11.5. The van der Waals surface area contributed by atoms with Gasteiger partial charge in [-0.1, -0.05) is 45.4 Å². The molecule has 1 amide bonds. The lowest BCUT2D eigenvalue weighted by Gasteiger charge is -2.31. The Kier molecular flexibility index (Phi) is 4.64. The molecule has 0 bridgehead atoms. The molecule has 1 aromatic rings. The lowest BCUT2D eigenvalue weighted by atomic mass is 9.77. The molecule has 2 N–H and O–H groups in total. The zero-order chi connectivity index (χ0) is 15.8. The molecule has 2 atom stereocenters. The van der Waals surface area contributed by atoms with Gasteiger partial charge in [-0.25, -0.2) is 0 Å². The number of carbonyl (C=O) groups is 1. The predicted octanol–water partition coefficient (Wildman–Crippen LogP) is 4.17. The highest BCUT2D eigenvalue weighted by molar-refractivity contribution is 6.32. The number of benzene rings is 1. The molecule has 2 unspecified atom stereocenters. The van der Waals surface area contributed by atoms with Crippen molar-refractivity contribution in [3.8, 4) is 0 Å². The number of amides is 1. The average Bonchev–Trinajstić information content (AvgIpc) is 2.72. The first-order chi connectivity index (χ1) is 9.72. The number of hydrogen-bond acceptors (Lipinski definition) is 2. The molecule has 0 spiro atoms.